The largest absolute Gasteiger partial charge is 0.382 e. The van der Waals surface area contributed by atoms with Crippen LogP contribution in [0.5, 0.6) is 0 Å². The van der Waals surface area contributed by atoms with E-state index >= 15 is 0 Å². The average molecular weight is 198 g/mol. The second kappa shape index (κ2) is 6.09. The monoisotopic (exact) mass is 198 g/mol. The van der Waals surface area contributed by atoms with E-state index in [0.29, 0.717) is 32.0 Å². The molecule has 0 radical (unpaired) electrons. The number of carbonyl (C=O) groups excluding carboxylic acids is 1. The molecule has 0 aliphatic heterocycles. The zero-order valence-corrected chi connectivity index (χ0v) is 8.12. The van der Waals surface area contributed by atoms with Crippen LogP contribution in [0.15, 0.2) is 6.33 Å². The molecule has 0 spiro atoms. The van der Waals surface area contributed by atoms with Gasteiger partial charge in [0.05, 0.1) is 0 Å². The first-order chi connectivity index (χ1) is 6.83. The first kappa shape index (κ1) is 10.6. The van der Waals surface area contributed by atoms with Crippen molar-refractivity contribution >= 4 is 11.9 Å². The Kier molecular flexibility index (Phi) is 4.63. The van der Waals surface area contributed by atoms with E-state index < -0.39 is 0 Å². The van der Waals surface area contributed by atoms with Gasteiger partial charge in [-0.1, -0.05) is 0 Å². The van der Waals surface area contributed by atoms with Crippen LogP contribution in [0, 0.1) is 0 Å². The summed E-state index contributed by atoms with van der Waals surface area (Å²) >= 11 is 0. The molecule has 1 heterocycles. The van der Waals surface area contributed by atoms with Crippen LogP contribution < -0.4 is 5.32 Å². The first-order valence-electron chi connectivity index (χ1n) is 4.56. The number of anilines is 1. The molecule has 0 saturated carbocycles. The van der Waals surface area contributed by atoms with Gasteiger partial charge in [-0.3, -0.25) is 10.1 Å². The predicted octanol–water partition coefficient (Wildman–Crippen LogP) is 0.560. The molecule has 1 amide bonds. The number of amides is 1. The molecule has 0 saturated heterocycles. The minimum absolute atomic E-state index is 0.0820. The molecular weight excluding hydrogens is 184 g/mol. The topological polar surface area (TPSA) is 79.9 Å². The number of nitrogens with zero attached hydrogens (tertiary/aromatic N) is 2. The molecule has 1 aromatic rings. The Balaban J connectivity index is 2.11. The molecule has 14 heavy (non-hydrogen) atoms. The Morgan fingerprint density at radius 3 is 3.21 bits per heavy atom. The number of nitrogens with one attached hydrogen (secondary N) is 2. The Bertz CT molecular complexity index is 260. The highest BCUT2D eigenvalue weighted by atomic mass is 16.5. The highest BCUT2D eigenvalue weighted by molar-refractivity contribution is 5.88. The van der Waals surface area contributed by atoms with Crippen LogP contribution in [-0.4, -0.2) is 34.3 Å². The summed E-state index contributed by atoms with van der Waals surface area (Å²) in [5.74, 6) is 0.299. The molecule has 2 N–H and O–H groups in total. The van der Waals surface area contributed by atoms with Gasteiger partial charge in [-0.25, -0.2) is 5.10 Å². The molecule has 0 fully saturated rings. The van der Waals surface area contributed by atoms with Gasteiger partial charge in [0.2, 0.25) is 11.9 Å². The molecule has 78 valence electrons. The van der Waals surface area contributed by atoms with Gasteiger partial charge < -0.3 is 4.74 Å². The molecule has 6 nitrogen and oxygen atoms in total. The summed E-state index contributed by atoms with van der Waals surface area (Å²) in [6, 6.07) is 0. The maximum atomic E-state index is 11.2. The number of ether oxygens (including phenoxy) is 1. The van der Waals surface area contributed by atoms with Crippen molar-refractivity contribution in [3.8, 4) is 0 Å². The third kappa shape index (κ3) is 3.99. The van der Waals surface area contributed by atoms with Crippen LogP contribution in [0.2, 0.25) is 0 Å². The maximum Gasteiger partial charge on any atom is 0.226 e. The van der Waals surface area contributed by atoms with Crippen LogP contribution in [0.4, 0.5) is 5.95 Å². The second-order valence-electron chi connectivity index (χ2n) is 2.68. The van der Waals surface area contributed by atoms with Crippen molar-refractivity contribution in [2.45, 2.75) is 19.8 Å². The van der Waals surface area contributed by atoms with E-state index in [9.17, 15) is 4.79 Å². The summed E-state index contributed by atoms with van der Waals surface area (Å²) in [6.07, 6.45) is 2.49. The summed E-state index contributed by atoms with van der Waals surface area (Å²) in [7, 11) is 0. The zero-order valence-electron chi connectivity index (χ0n) is 8.12. The van der Waals surface area contributed by atoms with Gasteiger partial charge in [-0.2, -0.15) is 10.1 Å². The van der Waals surface area contributed by atoms with Gasteiger partial charge in [0, 0.05) is 19.6 Å². The molecule has 6 heteroatoms. The molecule has 0 aromatic carbocycles. The lowest BCUT2D eigenvalue weighted by atomic mass is 10.3. The molecule has 1 rings (SSSR count). The summed E-state index contributed by atoms with van der Waals surface area (Å²) in [5.41, 5.74) is 0. The van der Waals surface area contributed by atoms with Crippen molar-refractivity contribution < 1.29 is 9.53 Å². The van der Waals surface area contributed by atoms with E-state index in [1.54, 1.807) is 0 Å². The third-order valence-corrected chi connectivity index (χ3v) is 1.57. The van der Waals surface area contributed by atoms with Crippen molar-refractivity contribution in [1.82, 2.24) is 15.2 Å². The number of rotatable bonds is 6. The van der Waals surface area contributed by atoms with Crippen LogP contribution in [-0.2, 0) is 9.53 Å². The van der Waals surface area contributed by atoms with E-state index in [2.05, 4.69) is 20.5 Å². The van der Waals surface area contributed by atoms with Crippen molar-refractivity contribution in [1.29, 1.82) is 0 Å². The third-order valence-electron chi connectivity index (χ3n) is 1.57. The Morgan fingerprint density at radius 1 is 1.71 bits per heavy atom. The van der Waals surface area contributed by atoms with E-state index in [1.807, 2.05) is 6.92 Å². The maximum absolute atomic E-state index is 11.2. The van der Waals surface area contributed by atoms with Crippen molar-refractivity contribution in [2.75, 3.05) is 18.5 Å². The van der Waals surface area contributed by atoms with Gasteiger partial charge in [0.25, 0.3) is 0 Å². The average Bonchev–Trinajstić information content (AvgIpc) is 2.65. The van der Waals surface area contributed by atoms with Gasteiger partial charge >= 0.3 is 0 Å². The highest BCUT2D eigenvalue weighted by Crippen LogP contribution is 1.97. The summed E-state index contributed by atoms with van der Waals surface area (Å²) in [5, 5.41) is 8.73. The molecular formula is C8H14N4O2. The number of carbonyl (C=O) groups is 1. The fourth-order valence-corrected chi connectivity index (χ4v) is 0.939. The van der Waals surface area contributed by atoms with Crippen LogP contribution in [0.1, 0.15) is 19.8 Å². The Labute approximate surface area is 82.1 Å². The minimum atomic E-state index is -0.0820. The summed E-state index contributed by atoms with van der Waals surface area (Å²) in [4.78, 5) is 15.0. The first-order valence-corrected chi connectivity index (χ1v) is 4.56. The van der Waals surface area contributed by atoms with Gasteiger partial charge in [-0.15, -0.1) is 0 Å². The smallest absolute Gasteiger partial charge is 0.226 e. The number of hydrogen-bond acceptors (Lipinski definition) is 4. The van der Waals surface area contributed by atoms with Crippen LogP contribution >= 0.6 is 0 Å². The lowest BCUT2D eigenvalue weighted by molar-refractivity contribution is -0.116. The number of hydrogen-bond donors (Lipinski definition) is 2. The second-order valence-corrected chi connectivity index (χ2v) is 2.68. The van der Waals surface area contributed by atoms with Gasteiger partial charge in [-0.05, 0) is 13.3 Å². The van der Waals surface area contributed by atoms with E-state index in [1.165, 1.54) is 6.33 Å². The molecule has 1 aromatic heterocycles. The lowest BCUT2D eigenvalue weighted by Crippen LogP contribution is -2.13. The zero-order chi connectivity index (χ0) is 10.2. The summed E-state index contributed by atoms with van der Waals surface area (Å²) in [6.45, 7) is 3.22. The lowest BCUT2D eigenvalue weighted by Gasteiger charge is -2.01. The number of H-pyrrole nitrogens is 1. The normalized spacial score (nSPS) is 10.1. The number of aromatic amines is 1. The van der Waals surface area contributed by atoms with E-state index in [0.717, 1.165) is 0 Å². The van der Waals surface area contributed by atoms with Crippen LogP contribution in [0.3, 0.4) is 0 Å². The molecule has 0 aliphatic rings. The minimum Gasteiger partial charge on any atom is -0.382 e. The highest BCUT2D eigenvalue weighted by Gasteiger charge is 2.03. The Hall–Kier alpha value is -1.43. The standard InChI is InChI=1S/C8H14N4O2/c1-2-14-5-3-4-7(13)11-8-9-6-10-12-8/h6H,2-5H2,1H3,(H2,9,10,11,12,13). The predicted molar refractivity (Wildman–Crippen MR) is 50.7 cm³/mol. The fourth-order valence-electron chi connectivity index (χ4n) is 0.939. The molecule has 0 bridgehead atoms. The van der Waals surface area contributed by atoms with Crippen molar-refractivity contribution in [2.24, 2.45) is 0 Å². The SMILES string of the molecule is CCOCCCC(=O)Nc1ncn[nH]1. The number of aromatic nitrogens is 3. The van der Waals surface area contributed by atoms with Gasteiger partial charge in [0.15, 0.2) is 0 Å². The molecule has 0 atom stereocenters. The fraction of sp³-hybridized carbons (Fsp3) is 0.625. The van der Waals surface area contributed by atoms with E-state index in [-0.39, 0.29) is 5.91 Å². The molecule has 0 aliphatic carbocycles. The van der Waals surface area contributed by atoms with Crippen LogP contribution in [0.25, 0.3) is 0 Å². The Morgan fingerprint density at radius 2 is 2.57 bits per heavy atom. The van der Waals surface area contributed by atoms with Gasteiger partial charge in [0.1, 0.15) is 6.33 Å². The van der Waals surface area contributed by atoms with E-state index in [4.69, 9.17) is 4.74 Å². The quantitative estimate of drug-likeness (QED) is 0.654. The molecule has 0 unspecified atom stereocenters. The summed E-state index contributed by atoms with van der Waals surface area (Å²) < 4.78 is 5.10. The van der Waals surface area contributed by atoms with Crippen molar-refractivity contribution in [3.05, 3.63) is 6.33 Å². The van der Waals surface area contributed by atoms with Crippen molar-refractivity contribution in [3.63, 3.8) is 0 Å².